The van der Waals surface area contributed by atoms with E-state index in [1.54, 1.807) is 5.56 Å². The van der Waals surface area contributed by atoms with Crippen LogP contribution in [0.4, 0.5) is 0 Å². The molecular formula is C14H21N. The van der Waals surface area contributed by atoms with Gasteiger partial charge in [-0.3, -0.25) is 0 Å². The van der Waals surface area contributed by atoms with Crippen LogP contribution in [0.2, 0.25) is 0 Å². The van der Waals surface area contributed by atoms with Crippen molar-refractivity contribution in [2.75, 3.05) is 0 Å². The number of nitrogens with one attached hydrogen (secondary N) is 1. The highest BCUT2D eigenvalue weighted by Crippen LogP contribution is 2.33. The number of benzene rings is 1. The third kappa shape index (κ3) is 2.07. The maximum absolute atomic E-state index is 3.68. The van der Waals surface area contributed by atoms with Crippen LogP contribution >= 0.6 is 0 Å². The fourth-order valence-electron chi connectivity index (χ4n) is 2.84. The molecule has 0 radical (unpaired) electrons. The van der Waals surface area contributed by atoms with Crippen molar-refractivity contribution < 1.29 is 0 Å². The molecule has 0 bridgehead atoms. The van der Waals surface area contributed by atoms with Crippen LogP contribution in [0, 0.1) is 6.92 Å². The summed E-state index contributed by atoms with van der Waals surface area (Å²) in [6, 6.07) is 10.2. The van der Waals surface area contributed by atoms with Crippen molar-refractivity contribution in [2.24, 2.45) is 0 Å². The summed E-state index contributed by atoms with van der Waals surface area (Å²) in [4.78, 5) is 0. The highest BCUT2D eigenvalue weighted by molar-refractivity contribution is 5.31. The van der Waals surface area contributed by atoms with Crippen LogP contribution in [-0.4, -0.2) is 12.1 Å². The van der Waals surface area contributed by atoms with Crippen LogP contribution in [0.1, 0.15) is 43.7 Å². The number of hydrogen-bond acceptors (Lipinski definition) is 1. The number of hydrogen-bond donors (Lipinski definition) is 1. The normalized spacial score (nSPS) is 30.7. The molecule has 1 nitrogen and oxygen atoms in total. The topological polar surface area (TPSA) is 12.0 Å². The molecule has 1 aromatic rings. The van der Waals surface area contributed by atoms with E-state index >= 15 is 0 Å². The summed E-state index contributed by atoms with van der Waals surface area (Å²) in [5.41, 5.74) is 2.98. The molecule has 2 rings (SSSR count). The monoisotopic (exact) mass is 203 g/mol. The van der Waals surface area contributed by atoms with E-state index in [4.69, 9.17) is 0 Å². The van der Waals surface area contributed by atoms with Crippen LogP contribution in [-0.2, 0) is 0 Å². The molecule has 1 heterocycles. The molecule has 3 unspecified atom stereocenters. The molecule has 1 fully saturated rings. The van der Waals surface area contributed by atoms with Gasteiger partial charge in [0, 0.05) is 18.0 Å². The van der Waals surface area contributed by atoms with E-state index in [-0.39, 0.29) is 0 Å². The molecule has 1 N–H and O–H groups in total. The lowest BCUT2D eigenvalue weighted by molar-refractivity contribution is 0.516. The van der Waals surface area contributed by atoms with E-state index in [0.717, 1.165) is 0 Å². The van der Waals surface area contributed by atoms with Gasteiger partial charge in [-0.25, -0.2) is 0 Å². The second-order valence-electron chi connectivity index (χ2n) is 4.78. The molecule has 1 saturated heterocycles. The van der Waals surface area contributed by atoms with E-state index in [1.807, 2.05) is 0 Å². The molecule has 0 spiro atoms. The Hall–Kier alpha value is -0.820. The van der Waals surface area contributed by atoms with E-state index in [9.17, 15) is 0 Å². The van der Waals surface area contributed by atoms with Crippen molar-refractivity contribution in [3.05, 3.63) is 35.4 Å². The molecule has 3 atom stereocenters. The Kier molecular flexibility index (Phi) is 3.11. The predicted molar refractivity (Wildman–Crippen MR) is 65.2 cm³/mol. The summed E-state index contributed by atoms with van der Waals surface area (Å²) in [5, 5.41) is 3.68. The van der Waals surface area contributed by atoms with Crippen LogP contribution in [0.3, 0.4) is 0 Å². The minimum atomic E-state index is 0.666. The van der Waals surface area contributed by atoms with Crippen molar-refractivity contribution in [3.63, 3.8) is 0 Å². The molecule has 1 aliphatic rings. The average Bonchev–Trinajstić information content (AvgIpc) is 2.60. The van der Waals surface area contributed by atoms with Crippen molar-refractivity contribution in [2.45, 2.75) is 51.6 Å². The molecule has 1 heteroatoms. The average molecular weight is 203 g/mol. The van der Waals surface area contributed by atoms with Gasteiger partial charge in [-0.2, -0.15) is 0 Å². The second kappa shape index (κ2) is 4.36. The summed E-state index contributed by atoms with van der Waals surface area (Å²) in [6.45, 7) is 6.80. The van der Waals surface area contributed by atoms with Gasteiger partial charge in [-0.15, -0.1) is 0 Å². The first kappa shape index (κ1) is 10.7. The van der Waals surface area contributed by atoms with Crippen LogP contribution in [0.5, 0.6) is 0 Å². The largest absolute Gasteiger partial charge is 0.311 e. The van der Waals surface area contributed by atoms with Gasteiger partial charge in [0.15, 0.2) is 0 Å². The van der Waals surface area contributed by atoms with Gasteiger partial charge in [0.05, 0.1) is 0 Å². The van der Waals surface area contributed by atoms with Crippen molar-refractivity contribution in [1.82, 2.24) is 5.32 Å². The number of aryl methyl sites for hydroxylation is 1. The first-order chi connectivity index (χ1) is 7.22. The van der Waals surface area contributed by atoms with E-state index < -0.39 is 0 Å². The van der Waals surface area contributed by atoms with Gasteiger partial charge in [-0.1, -0.05) is 31.2 Å². The second-order valence-corrected chi connectivity index (χ2v) is 4.78. The van der Waals surface area contributed by atoms with Crippen LogP contribution < -0.4 is 5.32 Å². The Labute approximate surface area is 92.9 Å². The third-order valence-electron chi connectivity index (χ3n) is 3.62. The maximum Gasteiger partial charge on any atom is 0.0136 e. The highest BCUT2D eigenvalue weighted by Gasteiger charge is 2.31. The Balaban J connectivity index is 2.26. The van der Waals surface area contributed by atoms with Gasteiger partial charge in [0.25, 0.3) is 0 Å². The molecule has 0 amide bonds. The van der Waals surface area contributed by atoms with Crippen molar-refractivity contribution in [3.8, 4) is 0 Å². The summed E-state index contributed by atoms with van der Waals surface area (Å²) in [5.74, 6) is 0.714. The van der Waals surface area contributed by atoms with E-state index in [2.05, 4.69) is 50.4 Å². The summed E-state index contributed by atoms with van der Waals surface area (Å²) in [7, 11) is 0. The molecule has 1 aliphatic heterocycles. The van der Waals surface area contributed by atoms with Gasteiger partial charge < -0.3 is 5.32 Å². The summed E-state index contributed by atoms with van der Waals surface area (Å²) in [6.07, 6.45) is 2.51. The van der Waals surface area contributed by atoms with Crippen LogP contribution in [0.15, 0.2) is 24.3 Å². The SMILES string of the molecule is CCC1NC(C)CC1c1ccccc1C. The molecule has 15 heavy (non-hydrogen) atoms. The molecule has 0 aliphatic carbocycles. The van der Waals surface area contributed by atoms with Gasteiger partial charge in [0.1, 0.15) is 0 Å². The lowest BCUT2D eigenvalue weighted by Crippen LogP contribution is -2.28. The zero-order valence-corrected chi connectivity index (χ0v) is 9.96. The Bertz CT molecular complexity index is 332. The first-order valence-corrected chi connectivity index (χ1v) is 6.04. The summed E-state index contributed by atoms with van der Waals surface area (Å²) < 4.78 is 0. The Morgan fingerprint density at radius 2 is 2.07 bits per heavy atom. The Morgan fingerprint density at radius 3 is 2.73 bits per heavy atom. The van der Waals surface area contributed by atoms with E-state index in [1.165, 1.54) is 18.4 Å². The fourth-order valence-corrected chi connectivity index (χ4v) is 2.84. The van der Waals surface area contributed by atoms with Crippen LogP contribution in [0.25, 0.3) is 0 Å². The van der Waals surface area contributed by atoms with E-state index in [0.29, 0.717) is 18.0 Å². The predicted octanol–water partition coefficient (Wildman–Crippen LogP) is 3.24. The number of rotatable bonds is 2. The lowest BCUT2D eigenvalue weighted by atomic mass is 9.87. The van der Waals surface area contributed by atoms with Gasteiger partial charge >= 0.3 is 0 Å². The molecule has 1 aromatic carbocycles. The minimum Gasteiger partial charge on any atom is -0.311 e. The standard InChI is InChI=1S/C14H21N/c1-4-14-13(9-11(3)15-14)12-8-6-5-7-10(12)2/h5-8,11,13-15H,4,9H2,1-3H3. The highest BCUT2D eigenvalue weighted by atomic mass is 15.0. The fraction of sp³-hybridized carbons (Fsp3) is 0.571. The molecular weight excluding hydrogens is 182 g/mol. The molecule has 0 saturated carbocycles. The molecule has 82 valence electrons. The zero-order chi connectivity index (χ0) is 10.8. The third-order valence-corrected chi connectivity index (χ3v) is 3.62. The first-order valence-electron chi connectivity index (χ1n) is 6.04. The minimum absolute atomic E-state index is 0.666. The van der Waals surface area contributed by atoms with Gasteiger partial charge in [0.2, 0.25) is 0 Å². The molecule has 0 aromatic heterocycles. The Morgan fingerprint density at radius 1 is 1.33 bits per heavy atom. The quantitative estimate of drug-likeness (QED) is 0.778. The van der Waals surface area contributed by atoms with Crippen molar-refractivity contribution in [1.29, 1.82) is 0 Å². The zero-order valence-electron chi connectivity index (χ0n) is 9.96. The smallest absolute Gasteiger partial charge is 0.0136 e. The van der Waals surface area contributed by atoms with Crippen molar-refractivity contribution >= 4 is 0 Å². The maximum atomic E-state index is 3.68. The lowest BCUT2D eigenvalue weighted by Gasteiger charge is -2.19. The van der Waals surface area contributed by atoms with Gasteiger partial charge in [-0.05, 0) is 37.8 Å². The summed E-state index contributed by atoms with van der Waals surface area (Å²) >= 11 is 0.